The molecule has 1 unspecified atom stereocenters. The summed E-state index contributed by atoms with van der Waals surface area (Å²) in [6.07, 6.45) is 0. The van der Waals surface area contributed by atoms with E-state index >= 15 is 0 Å². The normalized spacial score (nSPS) is 14.2. The number of quaternary nitrogens is 1. The van der Waals surface area contributed by atoms with E-state index in [4.69, 9.17) is 11.6 Å². The van der Waals surface area contributed by atoms with Crippen molar-refractivity contribution < 1.29 is 4.90 Å². The number of hydrogen-bond donors (Lipinski definition) is 1. The molecule has 0 saturated heterocycles. The maximum atomic E-state index is 6.53. The van der Waals surface area contributed by atoms with E-state index in [2.05, 4.69) is 86.5 Å². The molecule has 0 aliphatic rings. The summed E-state index contributed by atoms with van der Waals surface area (Å²) >= 11 is 6.53. The molecule has 1 heterocycles. The van der Waals surface area contributed by atoms with Crippen LogP contribution in [0.5, 0.6) is 0 Å². The van der Waals surface area contributed by atoms with Gasteiger partial charge in [0.15, 0.2) is 6.04 Å². The standard InChI is InChI=1S/C23H30ClN5/c1-17(2)21(22-25-26-27-29(22)23(3,4)5)28(15-18-11-7-6-8-12-18)16-19-13-9-10-14-20(19)24/h6-14,17,21H,15-16H2,1-5H3/p+1/t21-/m1/s1. The van der Waals surface area contributed by atoms with E-state index < -0.39 is 0 Å². The molecule has 154 valence electrons. The van der Waals surface area contributed by atoms with Crippen LogP contribution in [0.15, 0.2) is 54.6 Å². The van der Waals surface area contributed by atoms with E-state index in [0.717, 1.165) is 29.5 Å². The Kier molecular flexibility index (Phi) is 6.70. The predicted molar refractivity (Wildman–Crippen MR) is 117 cm³/mol. The van der Waals surface area contributed by atoms with Crippen molar-refractivity contribution in [3.8, 4) is 0 Å². The first-order chi connectivity index (χ1) is 13.8. The molecule has 0 aliphatic carbocycles. The highest BCUT2D eigenvalue weighted by Gasteiger charge is 2.35. The van der Waals surface area contributed by atoms with Gasteiger partial charge in [-0.2, -0.15) is 0 Å². The molecule has 0 saturated carbocycles. The Hall–Kier alpha value is -2.24. The lowest BCUT2D eigenvalue weighted by Gasteiger charge is -2.32. The van der Waals surface area contributed by atoms with Gasteiger partial charge in [0.25, 0.3) is 0 Å². The molecule has 0 spiro atoms. The molecule has 0 radical (unpaired) electrons. The van der Waals surface area contributed by atoms with Crippen LogP contribution in [-0.4, -0.2) is 20.2 Å². The summed E-state index contributed by atoms with van der Waals surface area (Å²) in [6.45, 7) is 12.5. The Morgan fingerprint density at radius 3 is 2.24 bits per heavy atom. The summed E-state index contributed by atoms with van der Waals surface area (Å²) in [7, 11) is 0. The maximum absolute atomic E-state index is 6.53. The minimum Gasteiger partial charge on any atom is -0.318 e. The number of hydrogen-bond acceptors (Lipinski definition) is 3. The molecule has 2 atom stereocenters. The van der Waals surface area contributed by atoms with Crippen LogP contribution in [0.2, 0.25) is 5.02 Å². The van der Waals surface area contributed by atoms with Crippen LogP contribution in [0.1, 0.15) is 57.6 Å². The summed E-state index contributed by atoms with van der Waals surface area (Å²) < 4.78 is 1.97. The van der Waals surface area contributed by atoms with Gasteiger partial charge < -0.3 is 4.90 Å². The Balaban J connectivity index is 2.04. The lowest BCUT2D eigenvalue weighted by Crippen LogP contribution is -3.10. The highest BCUT2D eigenvalue weighted by atomic mass is 35.5. The third kappa shape index (κ3) is 5.22. The minimum absolute atomic E-state index is 0.126. The average molecular weight is 413 g/mol. The zero-order valence-corrected chi connectivity index (χ0v) is 18.7. The molecule has 0 bridgehead atoms. The summed E-state index contributed by atoms with van der Waals surface area (Å²) in [6, 6.07) is 18.8. The quantitative estimate of drug-likeness (QED) is 0.636. The van der Waals surface area contributed by atoms with Gasteiger partial charge in [0.2, 0.25) is 5.82 Å². The SMILES string of the molecule is CC(C)[C@H](c1nnnn1C(C)(C)C)[NH+](Cc1ccccc1)Cc1ccccc1Cl. The van der Waals surface area contributed by atoms with Crippen molar-refractivity contribution in [1.29, 1.82) is 0 Å². The first-order valence-corrected chi connectivity index (χ1v) is 10.6. The number of rotatable bonds is 7. The topological polar surface area (TPSA) is 48.0 Å². The van der Waals surface area contributed by atoms with E-state index in [1.165, 1.54) is 10.5 Å². The van der Waals surface area contributed by atoms with Crippen LogP contribution in [0, 0.1) is 5.92 Å². The van der Waals surface area contributed by atoms with Crippen molar-refractivity contribution in [2.24, 2.45) is 5.92 Å². The van der Waals surface area contributed by atoms with Crippen LogP contribution in [0.4, 0.5) is 0 Å². The molecule has 1 aromatic heterocycles. The molecule has 6 heteroatoms. The van der Waals surface area contributed by atoms with Crippen LogP contribution >= 0.6 is 11.6 Å². The maximum Gasteiger partial charge on any atom is 0.210 e. The summed E-state index contributed by atoms with van der Waals surface area (Å²) in [4.78, 5) is 1.37. The monoisotopic (exact) mass is 412 g/mol. The van der Waals surface area contributed by atoms with Crippen molar-refractivity contribution in [3.05, 3.63) is 76.6 Å². The molecule has 0 fully saturated rings. The zero-order valence-electron chi connectivity index (χ0n) is 17.9. The number of nitrogens with zero attached hydrogens (tertiary/aromatic N) is 4. The highest BCUT2D eigenvalue weighted by molar-refractivity contribution is 6.31. The van der Waals surface area contributed by atoms with Crippen molar-refractivity contribution >= 4 is 11.6 Å². The number of aromatic nitrogens is 4. The van der Waals surface area contributed by atoms with Gasteiger partial charge in [-0.1, -0.05) is 74.0 Å². The number of halogens is 1. The molecule has 3 rings (SSSR count). The Morgan fingerprint density at radius 2 is 1.62 bits per heavy atom. The number of benzene rings is 2. The lowest BCUT2D eigenvalue weighted by molar-refractivity contribution is -0.962. The van der Waals surface area contributed by atoms with Crippen molar-refractivity contribution in [2.45, 2.75) is 59.3 Å². The van der Waals surface area contributed by atoms with E-state index in [1.54, 1.807) is 0 Å². The van der Waals surface area contributed by atoms with Gasteiger partial charge in [-0.15, -0.1) is 5.10 Å². The molecule has 1 N–H and O–H groups in total. The second kappa shape index (κ2) is 9.06. The van der Waals surface area contributed by atoms with Gasteiger partial charge in [0, 0.05) is 22.1 Å². The Labute approximate surface area is 178 Å². The third-order valence-electron chi connectivity index (χ3n) is 5.16. The highest BCUT2D eigenvalue weighted by Crippen LogP contribution is 2.23. The van der Waals surface area contributed by atoms with Crippen molar-refractivity contribution in [2.75, 3.05) is 0 Å². The van der Waals surface area contributed by atoms with Gasteiger partial charge in [-0.3, -0.25) is 0 Å². The minimum atomic E-state index is -0.186. The van der Waals surface area contributed by atoms with E-state index in [0.29, 0.717) is 5.92 Å². The first kappa shape index (κ1) is 21.5. The molecule has 0 aliphatic heterocycles. The fourth-order valence-electron chi connectivity index (χ4n) is 3.84. The number of tetrazole rings is 1. The smallest absolute Gasteiger partial charge is 0.210 e. The fraction of sp³-hybridized carbons (Fsp3) is 0.435. The lowest BCUT2D eigenvalue weighted by atomic mass is 9.98. The van der Waals surface area contributed by atoms with Gasteiger partial charge in [-0.25, -0.2) is 4.68 Å². The van der Waals surface area contributed by atoms with Gasteiger partial charge >= 0.3 is 0 Å². The van der Waals surface area contributed by atoms with Gasteiger partial charge in [0.1, 0.15) is 13.1 Å². The number of nitrogens with one attached hydrogen (secondary N) is 1. The van der Waals surface area contributed by atoms with E-state index in [9.17, 15) is 0 Å². The average Bonchev–Trinajstić information content (AvgIpc) is 3.14. The van der Waals surface area contributed by atoms with Crippen molar-refractivity contribution in [1.82, 2.24) is 20.2 Å². The van der Waals surface area contributed by atoms with Crippen LogP contribution in [-0.2, 0) is 18.6 Å². The molecule has 2 aromatic carbocycles. The zero-order chi connectivity index (χ0) is 21.0. The second-order valence-electron chi connectivity index (χ2n) is 8.93. The molecular weight excluding hydrogens is 382 g/mol. The van der Waals surface area contributed by atoms with Crippen LogP contribution in [0.3, 0.4) is 0 Å². The fourth-order valence-corrected chi connectivity index (χ4v) is 4.05. The predicted octanol–water partition coefficient (Wildman–Crippen LogP) is 4.06. The van der Waals surface area contributed by atoms with Crippen LogP contribution in [0.25, 0.3) is 0 Å². The largest absolute Gasteiger partial charge is 0.318 e. The third-order valence-corrected chi connectivity index (χ3v) is 5.53. The summed E-state index contributed by atoms with van der Waals surface area (Å²) in [5.74, 6) is 1.27. The molecule has 0 amide bonds. The molecular formula is C23H31ClN5+. The Morgan fingerprint density at radius 1 is 0.966 bits per heavy atom. The second-order valence-corrected chi connectivity index (χ2v) is 9.34. The molecule has 3 aromatic rings. The molecule has 29 heavy (non-hydrogen) atoms. The van der Waals surface area contributed by atoms with E-state index in [1.807, 2.05) is 22.9 Å². The molecule has 5 nitrogen and oxygen atoms in total. The van der Waals surface area contributed by atoms with E-state index in [-0.39, 0.29) is 11.6 Å². The Bertz CT molecular complexity index is 914. The van der Waals surface area contributed by atoms with Crippen LogP contribution < -0.4 is 4.90 Å². The summed E-state index contributed by atoms with van der Waals surface area (Å²) in [5, 5.41) is 13.6. The first-order valence-electron chi connectivity index (χ1n) is 10.2. The van der Waals surface area contributed by atoms with Gasteiger partial charge in [-0.05, 0) is 37.3 Å². The summed E-state index contributed by atoms with van der Waals surface area (Å²) in [5.41, 5.74) is 2.24. The van der Waals surface area contributed by atoms with Crippen molar-refractivity contribution in [3.63, 3.8) is 0 Å². The van der Waals surface area contributed by atoms with Gasteiger partial charge in [0.05, 0.1) is 5.54 Å².